The molecule has 6 rings (SSSR count). The van der Waals surface area contributed by atoms with Gasteiger partial charge in [0.2, 0.25) is 11.9 Å². The number of alkyl halides is 2. The minimum atomic E-state index is -2.80. The third-order valence-electron chi connectivity index (χ3n) is 8.50. The molecule has 1 saturated carbocycles. The predicted octanol–water partition coefficient (Wildman–Crippen LogP) is 5.50. The van der Waals surface area contributed by atoms with Gasteiger partial charge >= 0.3 is 6.03 Å². The van der Waals surface area contributed by atoms with Crippen LogP contribution in [-0.4, -0.2) is 62.9 Å². The van der Waals surface area contributed by atoms with Gasteiger partial charge in [-0.1, -0.05) is 30.7 Å². The minimum Gasteiger partial charge on any atom is -0.378 e. The molecule has 2 aromatic carbocycles. The largest absolute Gasteiger partial charge is 0.378 e. The summed E-state index contributed by atoms with van der Waals surface area (Å²) in [7, 11) is 0. The Balaban J connectivity index is 1.07. The summed E-state index contributed by atoms with van der Waals surface area (Å²) in [5, 5.41) is 5.90. The van der Waals surface area contributed by atoms with Gasteiger partial charge in [0.05, 0.1) is 24.2 Å². The smallest absolute Gasteiger partial charge is 0.315 e. The summed E-state index contributed by atoms with van der Waals surface area (Å²) in [6.07, 6.45) is 3.42. The molecule has 1 saturated heterocycles. The zero-order chi connectivity index (χ0) is 31.2. The summed E-state index contributed by atoms with van der Waals surface area (Å²) in [6, 6.07) is 13.0. The molecule has 1 aliphatic carbocycles. The highest BCUT2D eigenvalue weighted by Gasteiger charge is 2.25. The molecule has 2 N–H and O–H groups in total. The third kappa shape index (κ3) is 7.70. The van der Waals surface area contributed by atoms with E-state index in [0.717, 1.165) is 44.1 Å². The normalized spacial score (nSPS) is 18.8. The molecule has 0 unspecified atom stereocenters. The van der Waals surface area contributed by atoms with Crippen LogP contribution in [0.15, 0.2) is 48.5 Å². The first-order chi connectivity index (χ1) is 21.9. The summed E-state index contributed by atoms with van der Waals surface area (Å²) in [4.78, 5) is 32.6. The maximum atomic E-state index is 14.1. The van der Waals surface area contributed by atoms with Gasteiger partial charge in [-0.25, -0.2) is 22.9 Å². The van der Waals surface area contributed by atoms with Gasteiger partial charge in [-0.05, 0) is 67.9 Å². The van der Waals surface area contributed by atoms with Gasteiger partial charge in [0.25, 0.3) is 6.43 Å². The first-order valence-electron chi connectivity index (χ1n) is 15.6. The van der Waals surface area contributed by atoms with Gasteiger partial charge in [0.15, 0.2) is 5.82 Å². The number of fused-ring (bicyclic) bond motifs is 1. The van der Waals surface area contributed by atoms with Gasteiger partial charge in [0, 0.05) is 32.1 Å². The summed E-state index contributed by atoms with van der Waals surface area (Å²) in [5.41, 5.74) is 1.82. The molecule has 2 aliphatic rings. The zero-order valence-electron chi connectivity index (χ0n) is 25.0. The van der Waals surface area contributed by atoms with Crippen LogP contribution in [-0.2, 0) is 17.7 Å². The van der Waals surface area contributed by atoms with Gasteiger partial charge in [-0.2, -0.15) is 15.0 Å². The van der Waals surface area contributed by atoms with Crippen LogP contribution in [0, 0.1) is 11.7 Å². The molecule has 13 heteroatoms. The lowest BCUT2D eigenvalue weighted by atomic mass is 9.83. The van der Waals surface area contributed by atoms with E-state index in [1.54, 1.807) is 36.4 Å². The van der Waals surface area contributed by atoms with Crippen LogP contribution in [0.3, 0.4) is 0 Å². The van der Waals surface area contributed by atoms with Crippen LogP contribution in [0.25, 0.3) is 17.0 Å². The first-order valence-corrected chi connectivity index (χ1v) is 15.6. The molecule has 0 spiro atoms. The summed E-state index contributed by atoms with van der Waals surface area (Å²) < 4.78 is 48.2. The van der Waals surface area contributed by atoms with Crippen molar-refractivity contribution in [1.29, 1.82) is 0 Å². The fraction of sp³-hybridized carbons (Fsp3) is 0.469. The number of benzene rings is 2. The first kappa shape index (κ1) is 30.8. The number of carbonyl (C=O) groups is 1. The molecule has 0 radical (unpaired) electrons. The Morgan fingerprint density at radius 3 is 2.42 bits per heavy atom. The molecule has 45 heavy (non-hydrogen) atoms. The second-order valence-corrected chi connectivity index (χ2v) is 11.6. The number of morpholine rings is 1. The fourth-order valence-electron chi connectivity index (χ4n) is 6.08. The Kier molecular flexibility index (Phi) is 9.72. The summed E-state index contributed by atoms with van der Waals surface area (Å²) in [6.45, 7) is 2.64. The monoisotopic (exact) mass is 622 g/mol. The number of aryl methyl sites for hydroxylation is 1. The summed E-state index contributed by atoms with van der Waals surface area (Å²) in [5.74, 6) is 0.995. The quantitative estimate of drug-likeness (QED) is 0.240. The average molecular weight is 623 g/mol. The number of urea groups is 1. The van der Waals surface area contributed by atoms with E-state index >= 15 is 0 Å². The number of nitrogens with one attached hydrogen (secondary N) is 2. The lowest BCUT2D eigenvalue weighted by Crippen LogP contribution is -2.43. The van der Waals surface area contributed by atoms with Crippen molar-refractivity contribution in [2.75, 3.05) is 31.2 Å². The van der Waals surface area contributed by atoms with E-state index in [4.69, 9.17) is 9.72 Å². The molecule has 238 valence electrons. The van der Waals surface area contributed by atoms with Crippen molar-refractivity contribution in [3.63, 3.8) is 0 Å². The molecule has 3 heterocycles. The molecule has 2 aromatic heterocycles. The van der Waals surface area contributed by atoms with Crippen LogP contribution in [0.5, 0.6) is 0 Å². The Hall–Kier alpha value is -4.26. The second kappa shape index (κ2) is 14.2. The molecule has 2 amide bonds. The van der Waals surface area contributed by atoms with E-state index in [9.17, 15) is 18.0 Å². The molecule has 0 bridgehead atoms. The van der Waals surface area contributed by atoms with Gasteiger partial charge in [-0.15, -0.1) is 0 Å². The molecule has 1 aliphatic heterocycles. The van der Waals surface area contributed by atoms with Crippen LogP contribution < -0.4 is 15.5 Å². The van der Waals surface area contributed by atoms with E-state index in [1.807, 2.05) is 4.90 Å². The van der Waals surface area contributed by atoms with Crippen molar-refractivity contribution in [2.45, 2.75) is 64.0 Å². The maximum absolute atomic E-state index is 14.1. The highest BCUT2D eigenvalue weighted by Crippen LogP contribution is 2.30. The fourth-order valence-corrected chi connectivity index (χ4v) is 6.08. The lowest BCUT2D eigenvalue weighted by molar-refractivity contribution is 0.122. The van der Waals surface area contributed by atoms with E-state index in [1.165, 1.54) is 16.7 Å². The third-order valence-corrected chi connectivity index (χ3v) is 8.50. The molecular weight excluding hydrogens is 585 g/mol. The van der Waals surface area contributed by atoms with Crippen molar-refractivity contribution in [3.05, 3.63) is 71.6 Å². The van der Waals surface area contributed by atoms with Crippen molar-refractivity contribution in [3.8, 4) is 5.95 Å². The van der Waals surface area contributed by atoms with E-state index in [2.05, 4.69) is 25.6 Å². The van der Waals surface area contributed by atoms with E-state index in [-0.39, 0.29) is 23.8 Å². The van der Waals surface area contributed by atoms with Crippen molar-refractivity contribution in [2.24, 2.45) is 5.92 Å². The molecular formula is C32H37F3N8O2. The number of ether oxygens (including phenoxy) is 1. The van der Waals surface area contributed by atoms with Gasteiger partial charge in [0.1, 0.15) is 11.6 Å². The average Bonchev–Trinajstić information content (AvgIpc) is 3.46. The molecule has 0 atom stereocenters. The number of hydrogen-bond acceptors (Lipinski definition) is 7. The number of aromatic nitrogens is 5. The zero-order valence-corrected chi connectivity index (χ0v) is 25.0. The Bertz CT molecular complexity index is 1590. The van der Waals surface area contributed by atoms with Crippen LogP contribution >= 0.6 is 0 Å². The Morgan fingerprint density at radius 2 is 1.67 bits per heavy atom. The van der Waals surface area contributed by atoms with Gasteiger partial charge < -0.3 is 20.3 Å². The number of imidazole rings is 1. The summed E-state index contributed by atoms with van der Waals surface area (Å²) >= 11 is 0. The van der Waals surface area contributed by atoms with Crippen LogP contribution in [0.1, 0.15) is 62.2 Å². The second-order valence-electron chi connectivity index (χ2n) is 11.6. The molecule has 2 fully saturated rings. The highest BCUT2D eigenvalue weighted by atomic mass is 19.3. The Morgan fingerprint density at radius 1 is 0.933 bits per heavy atom. The van der Waals surface area contributed by atoms with Crippen LogP contribution in [0.4, 0.5) is 23.9 Å². The Labute approximate surface area is 259 Å². The maximum Gasteiger partial charge on any atom is 0.315 e. The predicted molar refractivity (Wildman–Crippen MR) is 163 cm³/mol. The number of nitrogens with zero attached hydrogens (tertiary/aromatic N) is 6. The standard InChI is InChI=1S/C32H37F3N8O2/c33-23-12-8-22(9-13-23)20-36-32(44)37-24-14-10-21(11-15-24)4-3-7-27-39-30(42-16-18-45-19-17-42)41-31(40-27)43-26-6-2-1-5-25(26)38-29(43)28(34)35/h1-2,5-6,8-9,12-13,21,24,28H,3-4,7,10-11,14-20H2,(H2,36,37,44). The SMILES string of the molecule is O=C(NCc1ccc(F)cc1)NC1CCC(CCCc2nc(N3CCOCC3)nc(-n3c(C(F)F)nc4ccccc43)n2)CC1. The number of rotatable bonds is 10. The number of carbonyl (C=O) groups excluding carboxylic acids is 1. The number of para-hydroxylation sites is 2. The number of anilines is 1. The minimum absolute atomic E-state index is 0.116. The van der Waals surface area contributed by atoms with Crippen LogP contribution in [0.2, 0.25) is 0 Å². The van der Waals surface area contributed by atoms with Crippen molar-refractivity contribution in [1.82, 2.24) is 35.1 Å². The molecule has 4 aromatic rings. The highest BCUT2D eigenvalue weighted by molar-refractivity contribution is 5.77. The lowest BCUT2D eigenvalue weighted by Gasteiger charge is -2.29. The van der Waals surface area contributed by atoms with E-state index < -0.39 is 12.2 Å². The van der Waals surface area contributed by atoms with Gasteiger partial charge in [-0.3, -0.25) is 4.57 Å². The topological polar surface area (TPSA) is 110 Å². The van der Waals surface area contributed by atoms with E-state index in [0.29, 0.717) is 68.0 Å². The number of halogens is 3. The number of hydrogen-bond donors (Lipinski definition) is 2. The molecule has 10 nitrogen and oxygen atoms in total. The van der Waals surface area contributed by atoms with Crippen molar-refractivity contribution >= 4 is 23.0 Å². The number of amides is 2. The van der Waals surface area contributed by atoms with Crippen molar-refractivity contribution < 1.29 is 22.7 Å².